The van der Waals surface area contributed by atoms with Crippen molar-refractivity contribution in [2.24, 2.45) is 11.7 Å². The van der Waals surface area contributed by atoms with Gasteiger partial charge in [-0.2, -0.15) is 0 Å². The summed E-state index contributed by atoms with van der Waals surface area (Å²) in [5.74, 6) is -1.20. The van der Waals surface area contributed by atoms with Crippen LogP contribution in [0.2, 0.25) is 0 Å². The first kappa shape index (κ1) is 26.3. The number of ketones is 1. The largest absolute Gasteiger partial charge is 0.497 e. The maximum atomic E-state index is 12.9. The minimum Gasteiger partial charge on any atom is -0.497 e. The fourth-order valence-electron chi connectivity index (χ4n) is 3.06. The van der Waals surface area contributed by atoms with Gasteiger partial charge in [0.25, 0.3) is 0 Å². The van der Waals surface area contributed by atoms with Crippen LogP contribution in [0.15, 0.2) is 24.3 Å². The van der Waals surface area contributed by atoms with Gasteiger partial charge >= 0.3 is 7.60 Å². The predicted molar refractivity (Wildman–Crippen MR) is 115 cm³/mol. The molecule has 0 saturated heterocycles. The minimum atomic E-state index is -4.42. The zero-order valence-corrected chi connectivity index (χ0v) is 18.9. The van der Waals surface area contributed by atoms with E-state index in [9.17, 15) is 23.9 Å². The van der Waals surface area contributed by atoms with E-state index in [0.717, 1.165) is 5.56 Å². The van der Waals surface area contributed by atoms with E-state index >= 15 is 0 Å². The molecule has 0 aliphatic rings. The Labute approximate surface area is 177 Å². The second-order valence-corrected chi connectivity index (χ2v) is 9.45. The number of hydrogen-bond acceptors (Lipinski definition) is 6. The van der Waals surface area contributed by atoms with Gasteiger partial charge in [0.05, 0.1) is 25.7 Å². The van der Waals surface area contributed by atoms with Gasteiger partial charge in [0.2, 0.25) is 5.91 Å². The summed E-state index contributed by atoms with van der Waals surface area (Å²) in [6.45, 7) is 5.20. The van der Waals surface area contributed by atoms with Crippen molar-refractivity contribution >= 4 is 19.3 Å². The molecular weight excluding hydrogens is 409 g/mol. The summed E-state index contributed by atoms with van der Waals surface area (Å²) < 4.78 is 16.8. The van der Waals surface area contributed by atoms with Gasteiger partial charge in [-0.1, -0.05) is 32.9 Å². The number of Topliss-reactive ketones (excluding diaryl/α,β-unsaturated/α-hetero) is 1. The topological polar surface area (TPSA) is 151 Å². The number of nitrogens with two attached hydrogens (primary N) is 1. The predicted octanol–water partition coefficient (Wildman–Crippen LogP) is 1.17. The number of benzene rings is 1. The van der Waals surface area contributed by atoms with Gasteiger partial charge in [-0.05, 0) is 42.9 Å². The Balaban J connectivity index is 3.00. The molecule has 0 aromatic heterocycles. The molecule has 0 spiro atoms. The highest BCUT2D eigenvalue weighted by atomic mass is 31.2. The minimum absolute atomic E-state index is 0.0905. The van der Waals surface area contributed by atoms with Crippen molar-refractivity contribution in [1.82, 2.24) is 10.6 Å². The second kappa shape index (κ2) is 12.2. The number of carbonyl (C=O) groups is 2. The van der Waals surface area contributed by atoms with Crippen LogP contribution >= 0.6 is 7.60 Å². The Morgan fingerprint density at radius 1 is 1.17 bits per heavy atom. The first-order valence-corrected chi connectivity index (χ1v) is 11.7. The number of methoxy groups -OCH3 is 1. The lowest BCUT2D eigenvalue weighted by atomic mass is 9.99. The van der Waals surface area contributed by atoms with Crippen molar-refractivity contribution in [2.45, 2.75) is 57.9 Å². The average molecular weight is 443 g/mol. The molecule has 3 atom stereocenters. The summed E-state index contributed by atoms with van der Waals surface area (Å²) >= 11 is 0. The number of rotatable bonds is 13. The van der Waals surface area contributed by atoms with Crippen molar-refractivity contribution in [2.75, 3.05) is 13.7 Å². The van der Waals surface area contributed by atoms with Crippen molar-refractivity contribution in [3.05, 3.63) is 29.8 Å². The smallest absolute Gasteiger partial charge is 0.342 e. The van der Waals surface area contributed by atoms with E-state index in [1.54, 1.807) is 38.3 Å². The fourth-order valence-corrected chi connectivity index (χ4v) is 3.91. The molecule has 1 amide bonds. The monoisotopic (exact) mass is 443 g/mol. The zero-order chi connectivity index (χ0) is 22.9. The van der Waals surface area contributed by atoms with Gasteiger partial charge in [-0.15, -0.1) is 0 Å². The van der Waals surface area contributed by atoms with Crippen LogP contribution in [0.4, 0.5) is 0 Å². The van der Waals surface area contributed by atoms with E-state index in [2.05, 4.69) is 10.6 Å². The highest BCUT2D eigenvalue weighted by Crippen LogP contribution is 2.41. The molecule has 0 unspecified atom stereocenters. The van der Waals surface area contributed by atoms with Crippen LogP contribution in [0.25, 0.3) is 0 Å². The van der Waals surface area contributed by atoms with Crippen molar-refractivity contribution in [1.29, 1.82) is 0 Å². The SMILES string of the molecule is CC[C@H](N[C@@H](CC(C)C)C(=O)N[C@@H](Cc1ccc(OC)cc1)C(=O)CN)P(=O)(O)O. The summed E-state index contributed by atoms with van der Waals surface area (Å²) in [6, 6.07) is 5.42. The molecule has 0 bridgehead atoms. The molecule has 0 heterocycles. The van der Waals surface area contributed by atoms with E-state index in [1.165, 1.54) is 0 Å². The first-order chi connectivity index (χ1) is 14.0. The standard InChI is InChI=1S/C20H34N3O6P/c1-5-19(30(26,27)28)22-17(10-13(2)3)20(25)23-16(18(24)12-21)11-14-6-8-15(29-4)9-7-14/h6-9,13,16-17,19,22H,5,10-12,21H2,1-4H3,(H,23,25)(H2,26,27,28)/t16-,17-,19+/m0/s1. The molecule has 0 radical (unpaired) electrons. The molecule has 30 heavy (non-hydrogen) atoms. The third-order valence-corrected chi connectivity index (χ3v) is 6.04. The highest BCUT2D eigenvalue weighted by Gasteiger charge is 2.33. The molecule has 10 heteroatoms. The summed E-state index contributed by atoms with van der Waals surface area (Å²) in [6.07, 6.45) is 0.757. The van der Waals surface area contributed by atoms with Crippen LogP contribution < -0.4 is 21.1 Å². The molecule has 0 aliphatic carbocycles. The number of amides is 1. The Kier molecular flexibility index (Phi) is 10.7. The maximum Gasteiger partial charge on any atom is 0.342 e. The lowest BCUT2D eigenvalue weighted by Crippen LogP contribution is -2.54. The normalized spacial score (nSPS) is 14.8. The van der Waals surface area contributed by atoms with Crippen molar-refractivity contribution in [3.8, 4) is 5.75 Å². The Bertz CT molecular complexity index is 735. The molecule has 0 saturated carbocycles. The quantitative estimate of drug-likeness (QED) is 0.285. The lowest BCUT2D eigenvalue weighted by molar-refractivity contribution is -0.128. The lowest BCUT2D eigenvalue weighted by Gasteiger charge is -2.28. The Morgan fingerprint density at radius 2 is 1.77 bits per heavy atom. The van der Waals surface area contributed by atoms with Crippen LogP contribution in [0.5, 0.6) is 5.75 Å². The maximum absolute atomic E-state index is 12.9. The van der Waals surface area contributed by atoms with Crippen LogP contribution in [0, 0.1) is 5.92 Å². The van der Waals surface area contributed by atoms with Crippen LogP contribution in [-0.4, -0.2) is 53.0 Å². The van der Waals surface area contributed by atoms with E-state index in [0.29, 0.717) is 12.2 Å². The highest BCUT2D eigenvalue weighted by molar-refractivity contribution is 7.52. The van der Waals surface area contributed by atoms with Gasteiger partial charge < -0.3 is 25.6 Å². The first-order valence-electron chi connectivity index (χ1n) is 9.99. The molecule has 1 aromatic carbocycles. The molecule has 0 fully saturated rings. The zero-order valence-electron chi connectivity index (χ0n) is 18.0. The summed E-state index contributed by atoms with van der Waals surface area (Å²) in [5.41, 5.74) is 6.34. The van der Waals surface area contributed by atoms with Crippen LogP contribution in [0.3, 0.4) is 0 Å². The number of nitrogens with one attached hydrogen (secondary N) is 2. The second-order valence-electron chi connectivity index (χ2n) is 7.65. The Morgan fingerprint density at radius 3 is 2.20 bits per heavy atom. The van der Waals surface area contributed by atoms with E-state index < -0.39 is 31.4 Å². The van der Waals surface area contributed by atoms with Gasteiger partial charge in [-0.3, -0.25) is 19.5 Å². The molecule has 6 N–H and O–H groups in total. The Hall–Kier alpha value is -1.77. The third-order valence-electron chi connectivity index (χ3n) is 4.72. The van der Waals surface area contributed by atoms with E-state index in [4.69, 9.17) is 10.5 Å². The van der Waals surface area contributed by atoms with Gasteiger partial charge in [0, 0.05) is 0 Å². The van der Waals surface area contributed by atoms with Crippen molar-refractivity contribution < 1.29 is 28.7 Å². The number of ether oxygens (including phenoxy) is 1. The average Bonchev–Trinajstić information content (AvgIpc) is 2.69. The number of carbonyl (C=O) groups excluding carboxylic acids is 2. The van der Waals surface area contributed by atoms with Crippen molar-refractivity contribution in [3.63, 3.8) is 0 Å². The van der Waals surface area contributed by atoms with Gasteiger partial charge in [-0.25, -0.2) is 0 Å². The molecule has 1 aromatic rings. The van der Waals surface area contributed by atoms with Gasteiger partial charge in [0.1, 0.15) is 11.5 Å². The molecule has 1 rings (SSSR count). The molecule has 0 aliphatic heterocycles. The third kappa shape index (κ3) is 8.53. The van der Waals surface area contributed by atoms with Crippen LogP contribution in [-0.2, 0) is 20.6 Å². The summed E-state index contributed by atoms with van der Waals surface area (Å²) in [7, 11) is -2.87. The summed E-state index contributed by atoms with van der Waals surface area (Å²) in [5, 5.41) is 5.50. The van der Waals surface area contributed by atoms with E-state index in [-0.39, 0.29) is 31.1 Å². The molecule has 9 nitrogen and oxygen atoms in total. The number of hydrogen-bond donors (Lipinski definition) is 5. The summed E-state index contributed by atoms with van der Waals surface area (Å²) in [4.78, 5) is 44.3. The fraction of sp³-hybridized carbons (Fsp3) is 0.600. The molecule has 170 valence electrons. The van der Waals surface area contributed by atoms with Crippen LogP contribution in [0.1, 0.15) is 39.2 Å². The van der Waals surface area contributed by atoms with Gasteiger partial charge in [0.15, 0.2) is 5.78 Å². The van der Waals surface area contributed by atoms with E-state index in [1.807, 2.05) is 13.8 Å². The molecular formula is C20H34N3O6P.